The molecule has 0 saturated heterocycles. The zero-order valence-corrected chi connectivity index (χ0v) is 12.1. The lowest BCUT2D eigenvalue weighted by Gasteiger charge is -2.54. The molecule has 3 nitrogen and oxygen atoms in total. The van der Waals surface area contributed by atoms with Crippen molar-refractivity contribution in [3.05, 3.63) is 0 Å². The zero-order valence-electron chi connectivity index (χ0n) is 12.1. The number of carbonyl (C=O) groups is 1. The van der Waals surface area contributed by atoms with Crippen LogP contribution in [0, 0.1) is 23.7 Å². The summed E-state index contributed by atoms with van der Waals surface area (Å²) in [6, 6.07) is 0.409. The van der Waals surface area contributed by atoms with E-state index in [2.05, 4.69) is 12.2 Å². The van der Waals surface area contributed by atoms with Crippen LogP contribution in [0.4, 0.5) is 4.79 Å². The molecule has 0 aromatic carbocycles. The van der Waals surface area contributed by atoms with E-state index >= 15 is 0 Å². The van der Waals surface area contributed by atoms with E-state index < -0.39 is 0 Å². The smallest absolute Gasteiger partial charge is 0.407 e. The standard InChI is InChI=1S/C16H27NO2/c1-2-3-4-5-19-16(18)17-15-13-7-11-6-12(9-13)10-14(15)8-11/h11-15H,2-10H2,1H3,(H,17,18). The first-order valence-corrected chi connectivity index (χ1v) is 8.19. The monoisotopic (exact) mass is 265 g/mol. The summed E-state index contributed by atoms with van der Waals surface area (Å²) in [5.74, 6) is 3.39. The Bertz CT molecular complexity index is 301. The predicted molar refractivity (Wildman–Crippen MR) is 74.8 cm³/mol. The maximum atomic E-state index is 11.9. The van der Waals surface area contributed by atoms with Gasteiger partial charge in [-0.25, -0.2) is 4.79 Å². The molecule has 0 unspecified atom stereocenters. The highest BCUT2D eigenvalue weighted by molar-refractivity contribution is 5.67. The molecule has 0 aliphatic heterocycles. The van der Waals surface area contributed by atoms with Crippen molar-refractivity contribution in [3.63, 3.8) is 0 Å². The summed E-state index contributed by atoms with van der Waals surface area (Å²) in [6.07, 6.45) is 9.95. The fourth-order valence-corrected chi connectivity index (χ4v) is 4.86. The van der Waals surface area contributed by atoms with Gasteiger partial charge in [0.1, 0.15) is 0 Å². The summed E-state index contributed by atoms with van der Waals surface area (Å²) in [7, 11) is 0. The van der Waals surface area contributed by atoms with Crippen molar-refractivity contribution in [2.24, 2.45) is 23.7 Å². The molecule has 0 aromatic rings. The lowest BCUT2D eigenvalue weighted by Crippen LogP contribution is -2.55. The quantitative estimate of drug-likeness (QED) is 0.769. The Kier molecular flexibility index (Phi) is 3.99. The molecule has 19 heavy (non-hydrogen) atoms. The molecule has 4 saturated carbocycles. The molecule has 0 heterocycles. The maximum absolute atomic E-state index is 11.9. The minimum Gasteiger partial charge on any atom is -0.450 e. The molecule has 4 rings (SSSR count). The highest BCUT2D eigenvalue weighted by Gasteiger charge is 2.48. The van der Waals surface area contributed by atoms with Crippen molar-refractivity contribution < 1.29 is 9.53 Å². The second-order valence-corrected chi connectivity index (χ2v) is 6.94. The summed E-state index contributed by atoms with van der Waals surface area (Å²) < 4.78 is 5.30. The third-order valence-corrected chi connectivity index (χ3v) is 5.49. The summed E-state index contributed by atoms with van der Waals surface area (Å²) in [6.45, 7) is 2.74. The van der Waals surface area contributed by atoms with Crippen LogP contribution in [0.1, 0.15) is 58.3 Å². The number of rotatable bonds is 5. The van der Waals surface area contributed by atoms with Crippen molar-refractivity contribution in [3.8, 4) is 0 Å². The van der Waals surface area contributed by atoms with Gasteiger partial charge >= 0.3 is 6.09 Å². The molecular formula is C16H27NO2. The fraction of sp³-hybridized carbons (Fsp3) is 0.938. The molecule has 0 aromatic heterocycles. The zero-order chi connectivity index (χ0) is 13.2. The molecule has 108 valence electrons. The average molecular weight is 265 g/mol. The van der Waals surface area contributed by atoms with Crippen LogP contribution in [0.3, 0.4) is 0 Å². The third kappa shape index (κ3) is 2.90. The molecule has 4 fully saturated rings. The topological polar surface area (TPSA) is 38.3 Å². The third-order valence-electron chi connectivity index (χ3n) is 5.49. The number of hydrogen-bond acceptors (Lipinski definition) is 2. The van der Waals surface area contributed by atoms with Crippen LogP contribution in [0.2, 0.25) is 0 Å². The molecule has 0 radical (unpaired) electrons. The van der Waals surface area contributed by atoms with Gasteiger partial charge in [0.15, 0.2) is 0 Å². The van der Waals surface area contributed by atoms with Gasteiger partial charge in [-0.15, -0.1) is 0 Å². The van der Waals surface area contributed by atoms with Crippen LogP contribution >= 0.6 is 0 Å². The second kappa shape index (κ2) is 5.72. The second-order valence-electron chi connectivity index (χ2n) is 6.94. The van der Waals surface area contributed by atoms with Crippen molar-refractivity contribution in [1.82, 2.24) is 5.32 Å². The minimum atomic E-state index is -0.173. The lowest BCUT2D eigenvalue weighted by atomic mass is 9.54. The van der Waals surface area contributed by atoms with Crippen LogP contribution in [0.25, 0.3) is 0 Å². The van der Waals surface area contributed by atoms with E-state index in [-0.39, 0.29) is 6.09 Å². The highest BCUT2D eigenvalue weighted by atomic mass is 16.5. The molecular weight excluding hydrogens is 238 g/mol. The van der Waals surface area contributed by atoms with Crippen molar-refractivity contribution >= 4 is 6.09 Å². The van der Waals surface area contributed by atoms with Crippen LogP contribution in [-0.2, 0) is 4.74 Å². The Labute approximate surface area is 116 Å². The molecule has 1 N–H and O–H groups in total. The molecule has 1 amide bonds. The minimum absolute atomic E-state index is 0.173. The lowest BCUT2D eigenvalue weighted by molar-refractivity contribution is -0.0136. The van der Waals surface area contributed by atoms with Crippen LogP contribution < -0.4 is 5.32 Å². The summed E-state index contributed by atoms with van der Waals surface area (Å²) in [4.78, 5) is 11.9. The van der Waals surface area contributed by atoms with Gasteiger partial charge in [0.2, 0.25) is 0 Å². The number of carbonyl (C=O) groups excluding carboxylic acids is 1. The first-order chi connectivity index (χ1) is 9.26. The number of ether oxygens (including phenoxy) is 1. The maximum Gasteiger partial charge on any atom is 0.407 e. The first kappa shape index (κ1) is 13.3. The Morgan fingerprint density at radius 2 is 1.68 bits per heavy atom. The van der Waals surface area contributed by atoms with E-state index in [1.54, 1.807) is 0 Å². The van der Waals surface area contributed by atoms with E-state index in [9.17, 15) is 4.79 Å². The van der Waals surface area contributed by atoms with Crippen LogP contribution in [-0.4, -0.2) is 18.7 Å². The van der Waals surface area contributed by atoms with E-state index in [4.69, 9.17) is 4.74 Å². The molecule has 4 bridgehead atoms. The van der Waals surface area contributed by atoms with Gasteiger partial charge in [0.25, 0.3) is 0 Å². The van der Waals surface area contributed by atoms with Gasteiger partial charge in [0, 0.05) is 6.04 Å². The highest BCUT2D eigenvalue weighted by Crippen LogP contribution is 2.53. The van der Waals surface area contributed by atoms with Gasteiger partial charge in [-0.05, 0) is 62.2 Å². The van der Waals surface area contributed by atoms with Crippen molar-refractivity contribution in [1.29, 1.82) is 0 Å². The Morgan fingerprint density at radius 1 is 1.05 bits per heavy atom. The average Bonchev–Trinajstić information content (AvgIpc) is 2.38. The van der Waals surface area contributed by atoms with Gasteiger partial charge in [-0.2, -0.15) is 0 Å². The Hall–Kier alpha value is -0.730. The number of unbranched alkanes of at least 4 members (excludes halogenated alkanes) is 2. The normalized spacial score (nSPS) is 39.3. The van der Waals surface area contributed by atoms with Crippen LogP contribution in [0.5, 0.6) is 0 Å². The molecule has 4 aliphatic rings. The number of amides is 1. The van der Waals surface area contributed by atoms with Crippen molar-refractivity contribution in [2.75, 3.05) is 6.61 Å². The number of hydrogen-bond donors (Lipinski definition) is 1. The summed E-state index contributed by atoms with van der Waals surface area (Å²) >= 11 is 0. The SMILES string of the molecule is CCCCCOC(=O)NC1C2CC3CC(C2)CC1C3. The first-order valence-electron chi connectivity index (χ1n) is 8.19. The molecule has 3 heteroatoms. The summed E-state index contributed by atoms with van der Waals surface area (Å²) in [5, 5.41) is 3.18. The van der Waals surface area contributed by atoms with Crippen LogP contribution in [0.15, 0.2) is 0 Å². The van der Waals surface area contributed by atoms with Gasteiger partial charge in [-0.3, -0.25) is 0 Å². The van der Waals surface area contributed by atoms with E-state index in [0.717, 1.165) is 36.5 Å². The van der Waals surface area contributed by atoms with Gasteiger partial charge < -0.3 is 10.1 Å². The van der Waals surface area contributed by atoms with Gasteiger partial charge in [0.05, 0.1) is 6.61 Å². The predicted octanol–water partition coefficient (Wildman–Crippen LogP) is 3.73. The van der Waals surface area contributed by atoms with E-state index in [1.807, 2.05) is 0 Å². The number of nitrogens with one attached hydrogen (secondary N) is 1. The van der Waals surface area contributed by atoms with Crippen molar-refractivity contribution in [2.45, 2.75) is 64.3 Å². The molecule has 0 atom stereocenters. The number of alkyl carbamates (subject to hydrolysis) is 1. The Morgan fingerprint density at radius 3 is 2.26 bits per heavy atom. The fourth-order valence-electron chi connectivity index (χ4n) is 4.86. The molecule has 0 spiro atoms. The van der Waals surface area contributed by atoms with Gasteiger partial charge in [-0.1, -0.05) is 19.8 Å². The Balaban J connectivity index is 1.46. The largest absolute Gasteiger partial charge is 0.450 e. The van der Waals surface area contributed by atoms with E-state index in [1.165, 1.54) is 38.5 Å². The molecule has 4 aliphatic carbocycles. The summed E-state index contributed by atoms with van der Waals surface area (Å²) in [5.41, 5.74) is 0. The van der Waals surface area contributed by atoms with E-state index in [0.29, 0.717) is 12.6 Å².